The van der Waals surface area contributed by atoms with Gasteiger partial charge in [-0.1, -0.05) is 12.2 Å². The normalized spacial score (nSPS) is 29.7. The molecule has 7 aromatic rings. The van der Waals surface area contributed by atoms with E-state index in [9.17, 15) is 58.2 Å². The van der Waals surface area contributed by atoms with Crippen LogP contribution in [-0.4, -0.2) is 187 Å². The zero-order chi connectivity index (χ0) is 70.8. The fourth-order valence-electron chi connectivity index (χ4n) is 11.5. The van der Waals surface area contributed by atoms with Crippen LogP contribution in [0, 0.1) is 13.8 Å². The van der Waals surface area contributed by atoms with Crippen LogP contribution in [0.25, 0.3) is 22.3 Å². The summed E-state index contributed by atoms with van der Waals surface area (Å²) in [6.45, 7) is -18.3. The number of nitrogens with zero attached hydrogens (tertiary/aromatic N) is 11. The summed E-state index contributed by atoms with van der Waals surface area (Å²) in [6.07, 6.45) is -11.6. The maximum Gasteiger partial charge on any atom is 0.386 e. The van der Waals surface area contributed by atoms with E-state index >= 15 is 0 Å². The number of nitrogen functional groups attached to an aromatic ring is 3. The molecule has 5 aliphatic heterocycles. The summed E-state index contributed by atoms with van der Waals surface area (Å²) in [4.78, 5) is 142. The van der Waals surface area contributed by atoms with Gasteiger partial charge in [0.25, 0.3) is 16.7 Å². The molecule has 0 saturated carbocycles. The van der Waals surface area contributed by atoms with Gasteiger partial charge >= 0.3 is 44.0 Å². The predicted octanol–water partition coefficient (Wildman–Crippen LogP) is -1.23. The molecule has 5 aliphatic rings. The molecule has 42 nitrogen and oxygen atoms in total. The third-order valence-corrected chi connectivity index (χ3v) is 22.7. The first kappa shape index (κ1) is 73.1. The molecule has 5 saturated heterocycles. The molecule has 5 fully saturated rings. The number of aromatic nitrogens is 14. The van der Waals surface area contributed by atoms with Gasteiger partial charge in [-0.15, -0.1) is 0 Å². The Morgan fingerprint density at radius 1 is 0.566 bits per heavy atom. The lowest BCUT2D eigenvalue weighted by atomic mass is 10.2. The average molecular weight is 1540 g/mol. The lowest BCUT2D eigenvalue weighted by Crippen LogP contribution is -2.33. The second kappa shape index (κ2) is 29.2. The summed E-state index contributed by atoms with van der Waals surface area (Å²) in [5.41, 5.74) is 13.9. The van der Waals surface area contributed by atoms with Gasteiger partial charge in [0.05, 0.1) is 70.1 Å². The average Bonchev–Trinajstić information content (AvgIpc) is 1.66. The van der Waals surface area contributed by atoms with E-state index in [1.165, 1.54) is 66.6 Å². The minimum absolute atomic E-state index is 0.0231. The second-order valence-electron chi connectivity index (χ2n) is 23.1. The highest BCUT2D eigenvalue weighted by atomic mass is 32.7. The topological polar surface area (TPSA) is 568 Å². The Morgan fingerprint density at radius 2 is 1.01 bits per heavy atom. The number of aryl methyl sites for hydroxylation is 2. The lowest BCUT2D eigenvalue weighted by Gasteiger charge is -2.28. The SMILES string of the molecule is Cc1cn([C@H]2C[C@H](OP(O)(=S)OC[C@H]3O[C@@H](n4cc(C)c(=O)[nH]c4=O)C[C@@H]3O)[C@@H](COP(=O)(S)O[C@@H]3C[C@H](n4cnc5c(N)ncnc54)O[C@@H]3COP(O)(=S)O[C@H]3C[C@H](n4ccc(N)nc4=O)O[C@@H]3COP(O)(=S)O[C@@H]3C[C@H](n4cnc5c(=O)[nH]c(N)nc54)O[C@@H]3CO)O2)c(=O)[nH]c1=O. The molecule has 50 heteroatoms. The monoisotopic (exact) mass is 1540 g/mol. The summed E-state index contributed by atoms with van der Waals surface area (Å²) in [7, 11) is 0. The fraction of sp³-hybridized carbons (Fsp3) is 0.551. The van der Waals surface area contributed by atoms with E-state index in [0.29, 0.717) is 0 Å². The third-order valence-electron chi connectivity index (χ3n) is 16.3. The molecule has 0 bridgehead atoms. The van der Waals surface area contributed by atoms with Crippen LogP contribution >= 0.6 is 39.2 Å². The van der Waals surface area contributed by atoms with Crippen LogP contribution in [0.5, 0.6) is 0 Å². The van der Waals surface area contributed by atoms with E-state index in [2.05, 4.69) is 57.1 Å². The number of ether oxygens (including phenoxy) is 5. The largest absolute Gasteiger partial charge is 0.394 e. The molecule has 0 aliphatic carbocycles. The molecule has 0 spiro atoms. The maximum atomic E-state index is 14.6. The molecular formula is C49H63N17O25P4S4. The molecule has 14 N–H and O–H groups in total. The Kier molecular flexibility index (Phi) is 21.6. The lowest BCUT2D eigenvalue weighted by molar-refractivity contribution is -0.0560. The van der Waals surface area contributed by atoms with Gasteiger partial charge < -0.3 is 92.9 Å². The van der Waals surface area contributed by atoms with E-state index < -0.39 is 186 Å². The van der Waals surface area contributed by atoms with Crippen molar-refractivity contribution in [3.63, 3.8) is 0 Å². The fourth-order valence-corrected chi connectivity index (χ4v) is 17.5. The Labute approximate surface area is 574 Å². The summed E-state index contributed by atoms with van der Waals surface area (Å²) >= 11 is 20.7. The van der Waals surface area contributed by atoms with Crippen LogP contribution in [0.4, 0.5) is 17.6 Å². The Morgan fingerprint density at radius 3 is 1.55 bits per heavy atom. The van der Waals surface area contributed by atoms with Crippen molar-refractivity contribution in [1.29, 1.82) is 0 Å². The van der Waals surface area contributed by atoms with E-state index in [1.807, 2.05) is 0 Å². The molecule has 4 unspecified atom stereocenters. The van der Waals surface area contributed by atoms with E-state index in [0.717, 1.165) is 13.7 Å². The van der Waals surface area contributed by atoms with Crippen molar-refractivity contribution in [2.45, 2.75) is 138 Å². The van der Waals surface area contributed by atoms with Gasteiger partial charge in [0.15, 0.2) is 22.6 Å². The van der Waals surface area contributed by atoms with Crippen LogP contribution in [0.1, 0.15) is 74.4 Å². The van der Waals surface area contributed by atoms with E-state index in [1.54, 1.807) is 0 Å². The van der Waals surface area contributed by atoms with Crippen molar-refractivity contribution in [1.82, 2.24) is 67.7 Å². The number of H-pyrrole nitrogens is 3. The molecular weight excluding hydrogens is 1480 g/mol. The summed E-state index contributed by atoms with van der Waals surface area (Å²) in [5, 5.41) is 21.2. The molecule has 12 rings (SSSR count). The third kappa shape index (κ3) is 16.6. The second-order valence-corrected chi connectivity index (χ2v) is 34.3. The van der Waals surface area contributed by atoms with Crippen LogP contribution in [0.2, 0.25) is 0 Å². The van der Waals surface area contributed by atoms with E-state index in [4.69, 9.17) is 112 Å². The molecule has 538 valence electrons. The number of nitrogens with one attached hydrogen (secondary N) is 3. The zero-order valence-electron chi connectivity index (χ0n) is 51.3. The number of thiol groups is 1. The van der Waals surface area contributed by atoms with Crippen molar-refractivity contribution in [2.24, 2.45) is 0 Å². The van der Waals surface area contributed by atoms with Crippen molar-refractivity contribution in [2.75, 3.05) is 50.2 Å². The minimum Gasteiger partial charge on any atom is -0.394 e. The first-order chi connectivity index (χ1) is 46.8. The van der Waals surface area contributed by atoms with Crippen LogP contribution in [0.3, 0.4) is 0 Å². The number of nitrogens with two attached hydrogens (primary N) is 3. The minimum atomic E-state index is -4.68. The number of hydrogen-bond donors (Lipinski definition) is 12. The number of anilines is 3. The van der Waals surface area contributed by atoms with Gasteiger partial charge in [-0.05, 0) is 55.3 Å². The van der Waals surface area contributed by atoms with Crippen molar-refractivity contribution >= 4 is 115 Å². The molecule has 0 amide bonds. The number of imidazole rings is 2. The Hall–Kier alpha value is -5.65. The van der Waals surface area contributed by atoms with E-state index in [-0.39, 0.29) is 83.1 Å². The number of aliphatic hydroxyl groups excluding tert-OH is 2. The molecule has 0 aromatic carbocycles. The quantitative estimate of drug-likeness (QED) is 0.0223. The Balaban J connectivity index is 0.734. The molecule has 19 atom stereocenters. The number of aromatic amines is 3. The molecule has 7 aromatic heterocycles. The first-order valence-corrected chi connectivity index (χ1v) is 40.1. The zero-order valence-corrected chi connectivity index (χ0v) is 58.2. The van der Waals surface area contributed by atoms with Gasteiger partial charge in [0.2, 0.25) is 5.95 Å². The van der Waals surface area contributed by atoms with Gasteiger partial charge in [-0.25, -0.2) is 38.9 Å². The number of aliphatic hydroxyl groups is 2. The van der Waals surface area contributed by atoms with Crippen molar-refractivity contribution in [3.8, 4) is 0 Å². The maximum absolute atomic E-state index is 14.6. The highest BCUT2D eigenvalue weighted by Gasteiger charge is 2.49. The summed E-state index contributed by atoms with van der Waals surface area (Å²) in [5.74, 6) is -0.284. The highest BCUT2D eigenvalue weighted by Crippen LogP contribution is 2.58. The first-order valence-electron chi connectivity index (χ1n) is 29.6. The van der Waals surface area contributed by atoms with Crippen LogP contribution < -0.4 is 50.9 Å². The predicted molar refractivity (Wildman–Crippen MR) is 352 cm³/mol. The number of hydrogen-bond acceptors (Lipinski definition) is 34. The summed E-state index contributed by atoms with van der Waals surface area (Å²) < 4.78 is 98.5. The van der Waals surface area contributed by atoms with Crippen molar-refractivity contribution < 1.29 is 89.3 Å². The van der Waals surface area contributed by atoms with Crippen LogP contribution in [-0.2, 0) is 99.9 Å². The Bertz CT molecular complexity index is 4790. The smallest absolute Gasteiger partial charge is 0.386 e. The number of fused-ring (bicyclic) bond motifs is 2. The number of rotatable bonds is 26. The molecule has 99 heavy (non-hydrogen) atoms. The molecule has 12 heterocycles. The van der Waals surface area contributed by atoms with Crippen LogP contribution in [0.15, 0.2) is 72.4 Å². The highest BCUT2D eigenvalue weighted by molar-refractivity contribution is 8.44. The summed E-state index contributed by atoms with van der Waals surface area (Å²) in [6, 6.07) is 1.32. The van der Waals surface area contributed by atoms with Crippen molar-refractivity contribution in [3.05, 3.63) is 117 Å². The van der Waals surface area contributed by atoms with Gasteiger partial charge in [-0.2, -0.15) is 9.97 Å². The van der Waals surface area contributed by atoms with Gasteiger partial charge in [0.1, 0.15) is 85.4 Å². The molecule has 0 radical (unpaired) electrons. The van der Waals surface area contributed by atoms with Gasteiger partial charge in [-0.3, -0.25) is 61.2 Å². The standard InChI is InChI=1S/C49H63N17O25P4S4/c1-20-10-63(48(73)60-43(20)69)33-5-22(68)28(84-33)13-79-92(75,96)90-25-8-35(64-11-21(2)44(70)61-49(64)74)86-30(25)15-81-95(78,99)91-26-9-36(65-18-55-38-40(51)53-17-54-41(38)65)87-31(26)16-82-94(77,98)89-24-7-34(62-4-3-32(50)57-47(62)72)85-29(24)14-80-93(76,97)88-23-6-37(83-27(23)12-67)66-19-56-39-42(66)58-46(52)59-45(39)71/h3-4,10-11,17-19,22-31,33-37,67-68H,5-9,12-16H2,1-2H3,(H,75,96)(H,76,97)(H,77,98)(H,78,99)(H2,50,57,72)(H2,51,53,54)(H,60,69,73)(H,61,70,74)(H3,52,58,59,71)/t22-,23+,24-,25-,26+,27+,28+,29+,30+,31+,33+,34+,35+,36+,37+,92?,93?,94?,95?/m0/s1. The van der Waals surface area contributed by atoms with Gasteiger partial charge in [0, 0.05) is 61.8 Å².